The lowest BCUT2D eigenvalue weighted by Gasteiger charge is -2.34. The SMILES string of the molecule is CCCN(Cc1cc(OC)ccc1OC)C1CCNCC1. The highest BCUT2D eigenvalue weighted by molar-refractivity contribution is 5.40. The van der Waals surface area contributed by atoms with Gasteiger partial charge in [-0.2, -0.15) is 0 Å². The minimum absolute atomic E-state index is 0.669. The molecule has 0 aliphatic carbocycles. The molecule has 1 aromatic rings. The minimum Gasteiger partial charge on any atom is -0.497 e. The number of hydrogen-bond acceptors (Lipinski definition) is 4. The van der Waals surface area contributed by atoms with Crippen molar-refractivity contribution in [2.24, 2.45) is 0 Å². The highest BCUT2D eigenvalue weighted by Crippen LogP contribution is 2.27. The molecule has 21 heavy (non-hydrogen) atoms. The summed E-state index contributed by atoms with van der Waals surface area (Å²) in [6.45, 7) is 6.56. The largest absolute Gasteiger partial charge is 0.497 e. The van der Waals surface area contributed by atoms with E-state index < -0.39 is 0 Å². The van der Waals surface area contributed by atoms with Crippen LogP contribution in [0.25, 0.3) is 0 Å². The van der Waals surface area contributed by atoms with Crippen LogP contribution in [-0.2, 0) is 6.54 Å². The summed E-state index contributed by atoms with van der Waals surface area (Å²) in [6.07, 6.45) is 3.63. The number of hydrogen-bond donors (Lipinski definition) is 1. The van der Waals surface area contributed by atoms with Gasteiger partial charge in [0.1, 0.15) is 11.5 Å². The Morgan fingerprint density at radius 2 is 1.95 bits per heavy atom. The first kappa shape index (κ1) is 16.1. The number of nitrogens with zero attached hydrogens (tertiary/aromatic N) is 1. The predicted octanol–water partition coefficient (Wildman–Crippen LogP) is 2.67. The van der Waals surface area contributed by atoms with Crippen LogP contribution in [-0.4, -0.2) is 44.8 Å². The van der Waals surface area contributed by atoms with Crippen molar-refractivity contribution in [2.75, 3.05) is 33.9 Å². The lowest BCUT2D eigenvalue weighted by Crippen LogP contribution is -2.43. The van der Waals surface area contributed by atoms with E-state index in [0.29, 0.717) is 6.04 Å². The maximum atomic E-state index is 5.52. The summed E-state index contributed by atoms with van der Waals surface area (Å²) in [5.41, 5.74) is 1.21. The van der Waals surface area contributed by atoms with E-state index in [1.807, 2.05) is 12.1 Å². The Labute approximate surface area is 128 Å². The third kappa shape index (κ3) is 4.35. The van der Waals surface area contributed by atoms with Gasteiger partial charge in [-0.3, -0.25) is 4.90 Å². The van der Waals surface area contributed by atoms with E-state index in [1.165, 1.54) is 24.8 Å². The predicted molar refractivity (Wildman–Crippen MR) is 86.1 cm³/mol. The van der Waals surface area contributed by atoms with E-state index in [9.17, 15) is 0 Å². The normalized spacial score (nSPS) is 16.2. The van der Waals surface area contributed by atoms with Gasteiger partial charge in [-0.1, -0.05) is 6.92 Å². The fourth-order valence-electron chi connectivity index (χ4n) is 3.07. The van der Waals surface area contributed by atoms with Crippen LogP contribution in [0.1, 0.15) is 31.7 Å². The summed E-state index contributed by atoms with van der Waals surface area (Å²) in [4.78, 5) is 2.60. The molecule has 0 amide bonds. The quantitative estimate of drug-likeness (QED) is 0.838. The number of ether oxygens (including phenoxy) is 2. The third-order valence-corrected chi connectivity index (χ3v) is 4.20. The van der Waals surface area contributed by atoms with Crippen LogP contribution in [0, 0.1) is 0 Å². The van der Waals surface area contributed by atoms with Crippen LogP contribution in [0.15, 0.2) is 18.2 Å². The summed E-state index contributed by atoms with van der Waals surface area (Å²) < 4.78 is 10.9. The van der Waals surface area contributed by atoms with Crippen molar-refractivity contribution in [2.45, 2.75) is 38.8 Å². The topological polar surface area (TPSA) is 33.7 Å². The standard InChI is InChI=1S/C17H28N2O2/c1-4-11-19(15-7-9-18-10-8-15)13-14-12-16(20-2)5-6-17(14)21-3/h5-6,12,15,18H,4,7-11,13H2,1-3H3. The zero-order valence-corrected chi connectivity index (χ0v) is 13.5. The lowest BCUT2D eigenvalue weighted by molar-refractivity contribution is 0.152. The summed E-state index contributed by atoms with van der Waals surface area (Å²) in [5, 5.41) is 3.45. The number of methoxy groups -OCH3 is 2. The highest BCUT2D eigenvalue weighted by Gasteiger charge is 2.21. The minimum atomic E-state index is 0.669. The average Bonchev–Trinajstić information content (AvgIpc) is 2.55. The molecule has 0 radical (unpaired) electrons. The molecule has 0 unspecified atom stereocenters. The van der Waals surface area contributed by atoms with E-state index in [4.69, 9.17) is 9.47 Å². The molecule has 1 saturated heterocycles. The second kappa shape index (κ2) is 8.25. The monoisotopic (exact) mass is 292 g/mol. The molecule has 0 saturated carbocycles. The molecular weight excluding hydrogens is 264 g/mol. The number of nitrogens with one attached hydrogen (secondary N) is 1. The maximum Gasteiger partial charge on any atom is 0.123 e. The Bertz CT molecular complexity index is 431. The van der Waals surface area contributed by atoms with Gasteiger partial charge in [-0.25, -0.2) is 0 Å². The maximum absolute atomic E-state index is 5.52. The van der Waals surface area contributed by atoms with Crippen molar-refractivity contribution in [3.05, 3.63) is 23.8 Å². The summed E-state index contributed by atoms with van der Waals surface area (Å²) in [6, 6.07) is 6.72. The zero-order chi connectivity index (χ0) is 15.1. The molecule has 4 heteroatoms. The number of benzene rings is 1. The third-order valence-electron chi connectivity index (χ3n) is 4.20. The molecule has 1 heterocycles. The van der Waals surface area contributed by atoms with Crippen LogP contribution in [0.3, 0.4) is 0 Å². The van der Waals surface area contributed by atoms with Gasteiger partial charge in [-0.05, 0) is 57.1 Å². The van der Waals surface area contributed by atoms with Crippen LogP contribution < -0.4 is 14.8 Å². The number of rotatable bonds is 7. The van der Waals surface area contributed by atoms with Crippen molar-refractivity contribution in [1.82, 2.24) is 10.2 Å². The molecule has 1 aliphatic rings. The van der Waals surface area contributed by atoms with Gasteiger partial charge in [-0.15, -0.1) is 0 Å². The summed E-state index contributed by atoms with van der Waals surface area (Å²) in [7, 11) is 3.45. The Hall–Kier alpha value is -1.26. The van der Waals surface area contributed by atoms with Gasteiger partial charge >= 0.3 is 0 Å². The molecule has 1 aliphatic heterocycles. The Balaban J connectivity index is 2.14. The van der Waals surface area contributed by atoms with Crippen LogP contribution in [0.5, 0.6) is 11.5 Å². The molecule has 4 nitrogen and oxygen atoms in total. The molecule has 2 rings (SSSR count). The van der Waals surface area contributed by atoms with Crippen LogP contribution in [0.4, 0.5) is 0 Å². The van der Waals surface area contributed by atoms with Gasteiger partial charge in [0.05, 0.1) is 14.2 Å². The smallest absolute Gasteiger partial charge is 0.123 e. The second-order valence-corrected chi connectivity index (χ2v) is 5.63. The fourth-order valence-corrected chi connectivity index (χ4v) is 3.07. The average molecular weight is 292 g/mol. The summed E-state index contributed by atoms with van der Waals surface area (Å²) in [5.74, 6) is 1.85. The van der Waals surface area contributed by atoms with E-state index >= 15 is 0 Å². The molecule has 0 spiro atoms. The Morgan fingerprint density at radius 1 is 1.19 bits per heavy atom. The van der Waals surface area contributed by atoms with Crippen molar-refractivity contribution < 1.29 is 9.47 Å². The van der Waals surface area contributed by atoms with Crippen molar-refractivity contribution in [3.63, 3.8) is 0 Å². The first-order chi connectivity index (χ1) is 10.3. The fraction of sp³-hybridized carbons (Fsp3) is 0.647. The van der Waals surface area contributed by atoms with Crippen molar-refractivity contribution in [3.8, 4) is 11.5 Å². The van der Waals surface area contributed by atoms with Crippen molar-refractivity contribution in [1.29, 1.82) is 0 Å². The molecule has 0 aromatic heterocycles. The van der Waals surface area contributed by atoms with Gasteiger partial charge in [0.25, 0.3) is 0 Å². The summed E-state index contributed by atoms with van der Waals surface area (Å²) >= 11 is 0. The molecule has 1 fully saturated rings. The molecule has 0 atom stereocenters. The van der Waals surface area contributed by atoms with Gasteiger partial charge in [0.2, 0.25) is 0 Å². The highest BCUT2D eigenvalue weighted by atomic mass is 16.5. The van der Waals surface area contributed by atoms with Crippen LogP contribution in [0.2, 0.25) is 0 Å². The number of piperidine rings is 1. The lowest BCUT2D eigenvalue weighted by atomic mass is 10.0. The molecule has 1 aromatic carbocycles. The molecule has 118 valence electrons. The zero-order valence-electron chi connectivity index (χ0n) is 13.5. The van der Waals surface area contributed by atoms with E-state index in [0.717, 1.165) is 37.7 Å². The van der Waals surface area contributed by atoms with E-state index in [1.54, 1.807) is 14.2 Å². The first-order valence-corrected chi connectivity index (χ1v) is 7.94. The Kier molecular flexibility index (Phi) is 6.33. The second-order valence-electron chi connectivity index (χ2n) is 5.63. The van der Waals surface area contributed by atoms with E-state index in [-0.39, 0.29) is 0 Å². The van der Waals surface area contributed by atoms with Crippen LogP contribution >= 0.6 is 0 Å². The van der Waals surface area contributed by atoms with Gasteiger partial charge in [0.15, 0.2) is 0 Å². The van der Waals surface area contributed by atoms with Gasteiger partial charge in [0, 0.05) is 18.2 Å². The van der Waals surface area contributed by atoms with Crippen molar-refractivity contribution >= 4 is 0 Å². The first-order valence-electron chi connectivity index (χ1n) is 7.94. The van der Waals surface area contributed by atoms with E-state index in [2.05, 4.69) is 23.2 Å². The molecule has 1 N–H and O–H groups in total. The Morgan fingerprint density at radius 3 is 2.57 bits per heavy atom. The molecular formula is C17H28N2O2. The molecule has 0 bridgehead atoms. The van der Waals surface area contributed by atoms with Gasteiger partial charge < -0.3 is 14.8 Å².